The van der Waals surface area contributed by atoms with Crippen LogP contribution in [0.5, 0.6) is 23.0 Å². The third-order valence-corrected chi connectivity index (χ3v) is 5.65. The van der Waals surface area contributed by atoms with Crippen LogP contribution in [0.15, 0.2) is 30.3 Å². The van der Waals surface area contributed by atoms with E-state index in [1.54, 1.807) is 14.2 Å². The molecule has 0 radical (unpaired) electrons. The first kappa shape index (κ1) is 15.6. The number of benzene rings is 2. The zero-order chi connectivity index (χ0) is 17.8. The summed E-state index contributed by atoms with van der Waals surface area (Å²) in [5.41, 5.74) is 4.98. The molecule has 0 saturated carbocycles. The second-order valence-corrected chi connectivity index (χ2v) is 6.95. The van der Waals surface area contributed by atoms with E-state index in [1.807, 2.05) is 6.07 Å². The van der Waals surface area contributed by atoms with Crippen molar-refractivity contribution in [3.8, 4) is 23.0 Å². The molecule has 2 heterocycles. The van der Waals surface area contributed by atoms with Gasteiger partial charge in [0, 0.05) is 24.1 Å². The number of hydrogen-bond donors (Lipinski definition) is 0. The first-order valence-corrected chi connectivity index (χ1v) is 8.77. The molecule has 0 unspecified atom stereocenters. The molecule has 26 heavy (non-hydrogen) atoms. The average molecular weight is 351 g/mol. The van der Waals surface area contributed by atoms with Crippen LogP contribution >= 0.6 is 0 Å². The van der Waals surface area contributed by atoms with Crippen molar-refractivity contribution in [2.75, 3.05) is 28.1 Å². The molecule has 0 bridgehead atoms. The number of rotatable bonds is 2. The largest absolute Gasteiger partial charge is 0.493 e. The van der Waals surface area contributed by atoms with Crippen molar-refractivity contribution in [2.24, 2.45) is 0 Å². The van der Waals surface area contributed by atoms with Gasteiger partial charge in [0.15, 0.2) is 23.0 Å². The molecule has 0 saturated heterocycles. The standard InChI is InChI=1S/C21H21NO4/c1-22-10-16-13(6-7-17(23-2)21(16)24-3)14-5-4-12-8-18-19(26-11-25-18)9-15(12)20(14)22/h4-9,14,20H,10-11H2,1-3H3/t14-,20+/m0/s1. The van der Waals surface area contributed by atoms with Crippen molar-refractivity contribution >= 4 is 6.08 Å². The van der Waals surface area contributed by atoms with Crippen LogP contribution in [0.3, 0.4) is 0 Å². The molecule has 2 aromatic rings. The quantitative estimate of drug-likeness (QED) is 0.824. The number of likely N-dealkylation sites (N-methyl/N-ethyl adjacent to an activating group) is 1. The van der Waals surface area contributed by atoms with Crippen molar-refractivity contribution in [3.05, 3.63) is 52.6 Å². The number of fused-ring (bicyclic) bond motifs is 6. The highest BCUT2D eigenvalue weighted by atomic mass is 16.7. The molecular formula is C21H21NO4. The van der Waals surface area contributed by atoms with Gasteiger partial charge in [-0.1, -0.05) is 18.2 Å². The SMILES string of the molecule is COc1ccc2c(c1OC)CN(C)[C@H]1c3cc4c(cc3C=C[C@@H]21)OCO4. The topological polar surface area (TPSA) is 40.2 Å². The molecule has 2 atom stereocenters. The van der Waals surface area contributed by atoms with Gasteiger partial charge in [0.1, 0.15) is 0 Å². The highest BCUT2D eigenvalue weighted by Crippen LogP contribution is 2.52. The summed E-state index contributed by atoms with van der Waals surface area (Å²) in [5, 5.41) is 0. The Morgan fingerprint density at radius 1 is 1.04 bits per heavy atom. The van der Waals surface area contributed by atoms with Crippen LogP contribution in [0.2, 0.25) is 0 Å². The van der Waals surface area contributed by atoms with Crippen LogP contribution in [-0.2, 0) is 6.54 Å². The van der Waals surface area contributed by atoms with Crippen molar-refractivity contribution in [3.63, 3.8) is 0 Å². The number of methoxy groups -OCH3 is 2. The lowest BCUT2D eigenvalue weighted by Gasteiger charge is -2.42. The third-order valence-electron chi connectivity index (χ3n) is 5.65. The van der Waals surface area contributed by atoms with E-state index in [4.69, 9.17) is 18.9 Å². The van der Waals surface area contributed by atoms with Gasteiger partial charge in [-0.05, 0) is 41.9 Å². The molecule has 134 valence electrons. The Kier molecular flexibility index (Phi) is 3.40. The lowest BCUT2D eigenvalue weighted by atomic mass is 9.75. The van der Waals surface area contributed by atoms with E-state index in [9.17, 15) is 0 Å². The van der Waals surface area contributed by atoms with E-state index in [0.29, 0.717) is 6.79 Å². The first-order chi connectivity index (χ1) is 12.7. The van der Waals surface area contributed by atoms with Gasteiger partial charge in [0.25, 0.3) is 0 Å². The molecule has 0 aromatic heterocycles. The summed E-state index contributed by atoms with van der Waals surface area (Å²) in [6.07, 6.45) is 4.48. The minimum Gasteiger partial charge on any atom is -0.493 e. The maximum absolute atomic E-state index is 5.68. The van der Waals surface area contributed by atoms with Gasteiger partial charge in [-0.3, -0.25) is 4.90 Å². The van der Waals surface area contributed by atoms with Gasteiger partial charge in [-0.15, -0.1) is 0 Å². The van der Waals surface area contributed by atoms with Crippen LogP contribution in [0, 0.1) is 0 Å². The Hall–Kier alpha value is -2.66. The molecule has 3 aliphatic rings. The molecule has 0 fully saturated rings. The van der Waals surface area contributed by atoms with Gasteiger partial charge in [-0.2, -0.15) is 0 Å². The van der Waals surface area contributed by atoms with Crippen LogP contribution in [0.25, 0.3) is 6.08 Å². The first-order valence-electron chi connectivity index (χ1n) is 8.77. The van der Waals surface area contributed by atoms with Gasteiger partial charge < -0.3 is 18.9 Å². The third kappa shape index (κ3) is 2.07. The van der Waals surface area contributed by atoms with Crippen LogP contribution in [0.1, 0.15) is 34.2 Å². The smallest absolute Gasteiger partial charge is 0.231 e. The summed E-state index contributed by atoms with van der Waals surface area (Å²) >= 11 is 0. The Labute approximate surface area is 152 Å². The lowest BCUT2D eigenvalue weighted by Crippen LogP contribution is -2.35. The van der Waals surface area contributed by atoms with Gasteiger partial charge in [0.05, 0.1) is 14.2 Å². The van der Waals surface area contributed by atoms with Crippen LogP contribution in [-0.4, -0.2) is 33.0 Å². The Morgan fingerprint density at radius 3 is 2.62 bits per heavy atom. The van der Waals surface area contributed by atoms with E-state index in [-0.39, 0.29) is 12.0 Å². The van der Waals surface area contributed by atoms with E-state index < -0.39 is 0 Å². The van der Waals surface area contributed by atoms with Crippen molar-refractivity contribution in [2.45, 2.75) is 18.5 Å². The molecule has 0 spiro atoms. The Balaban J connectivity index is 1.66. The predicted molar refractivity (Wildman–Crippen MR) is 98.1 cm³/mol. The second-order valence-electron chi connectivity index (χ2n) is 6.95. The van der Waals surface area contributed by atoms with Gasteiger partial charge >= 0.3 is 0 Å². The molecule has 0 amide bonds. The van der Waals surface area contributed by atoms with Crippen LogP contribution < -0.4 is 18.9 Å². The molecule has 1 aliphatic carbocycles. The summed E-state index contributed by atoms with van der Waals surface area (Å²) in [6.45, 7) is 1.10. The second kappa shape index (κ2) is 5.68. The fraction of sp³-hybridized carbons (Fsp3) is 0.333. The molecule has 5 nitrogen and oxygen atoms in total. The zero-order valence-corrected chi connectivity index (χ0v) is 15.1. The minimum absolute atomic E-state index is 0.259. The maximum Gasteiger partial charge on any atom is 0.231 e. The number of nitrogens with zero attached hydrogens (tertiary/aromatic N) is 1. The zero-order valence-electron chi connectivity index (χ0n) is 15.1. The summed E-state index contributed by atoms with van der Waals surface area (Å²) in [4.78, 5) is 2.37. The maximum atomic E-state index is 5.68. The van der Waals surface area contributed by atoms with Crippen molar-refractivity contribution in [1.82, 2.24) is 4.90 Å². The average Bonchev–Trinajstić information content (AvgIpc) is 3.12. The highest BCUT2D eigenvalue weighted by Gasteiger charge is 2.38. The predicted octanol–water partition coefficient (Wildman–Crippen LogP) is 3.73. The summed E-state index contributed by atoms with van der Waals surface area (Å²) in [7, 11) is 5.54. The fourth-order valence-corrected chi connectivity index (χ4v) is 4.49. The fourth-order valence-electron chi connectivity index (χ4n) is 4.49. The van der Waals surface area contributed by atoms with Gasteiger partial charge in [-0.25, -0.2) is 0 Å². The van der Waals surface area contributed by atoms with Crippen molar-refractivity contribution in [1.29, 1.82) is 0 Å². The molecule has 2 aliphatic heterocycles. The lowest BCUT2D eigenvalue weighted by molar-refractivity contribution is 0.173. The molecule has 0 N–H and O–H groups in total. The molecule has 5 heteroatoms. The molecular weight excluding hydrogens is 330 g/mol. The Morgan fingerprint density at radius 2 is 1.85 bits per heavy atom. The van der Waals surface area contributed by atoms with Crippen molar-refractivity contribution < 1.29 is 18.9 Å². The minimum atomic E-state index is 0.259. The summed E-state index contributed by atoms with van der Waals surface area (Å²) in [6, 6.07) is 8.66. The summed E-state index contributed by atoms with van der Waals surface area (Å²) in [5.74, 6) is 3.54. The van der Waals surface area contributed by atoms with E-state index in [2.05, 4.69) is 42.3 Å². The van der Waals surface area contributed by atoms with E-state index in [1.165, 1.54) is 22.3 Å². The number of ether oxygens (including phenoxy) is 4. The molecule has 2 aromatic carbocycles. The highest BCUT2D eigenvalue weighted by molar-refractivity contribution is 5.67. The Bertz CT molecular complexity index is 921. The van der Waals surface area contributed by atoms with E-state index in [0.717, 1.165) is 29.5 Å². The summed E-state index contributed by atoms with van der Waals surface area (Å²) < 4.78 is 22.3. The molecule has 5 rings (SSSR count). The normalized spacial score (nSPS) is 22.4. The van der Waals surface area contributed by atoms with E-state index >= 15 is 0 Å². The van der Waals surface area contributed by atoms with Gasteiger partial charge in [0.2, 0.25) is 6.79 Å². The van der Waals surface area contributed by atoms with Crippen LogP contribution in [0.4, 0.5) is 0 Å². The number of hydrogen-bond acceptors (Lipinski definition) is 5. The monoisotopic (exact) mass is 351 g/mol.